The number of carbonyl (C=O) groups excluding carboxylic acids is 1. The molecular weight excluding hydrogens is 152 g/mol. The van der Waals surface area contributed by atoms with Gasteiger partial charge in [-0.05, 0) is 26.2 Å². The van der Waals surface area contributed by atoms with Crippen LogP contribution in [-0.4, -0.2) is 18.0 Å². The van der Waals surface area contributed by atoms with E-state index in [0.717, 1.165) is 32.1 Å². The molecule has 2 heteroatoms. The Bertz CT molecular complexity index is 144. The van der Waals surface area contributed by atoms with Gasteiger partial charge in [0.2, 0.25) is 0 Å². The number of ketones is 1. The molecule has 0 saturated heterocycles. The van der Waals surface area contributed by atoms with Crippen molar-refractivity contribution in [3.05, 3.63) is 0 Å². The summed E-state index contributed by atoms with van der Waals surface area (Å²) in [5, 5.41) is 0. The first kappa shape index (κ1) is 9.72. The summed E-state index contributed by atoms with van der Waals surface area (Å²) in [5.41, 5.74) is 0. The zero-order chi connectivity index (χ0) is 8.97. The minimum absolute atomic E-state index is 0.345. The second kappa shape index (κ2) is 4.61. The average Bonchev–Trinajstić information content (AvgIpc) is 2.09. The van der Waals surface area contributed by atoms with Crippen LogP contribution in [0.1, 0.15) is 46.0 Å². The van der Waals surface area contributed by atoms with Crippen LogP contribution in [0.3, 0.4) is 0 Å². The van der Waals surface area contributed by atoms with Gasteiger partial charge in [0, 0.05) is 12.8 Å². The lowest BCUT2D eigenvalue weighted by Crippen LogP contribution is -2.25. The molecule has 0 N–H and O–H groups in total. The van der Waals surface area contributed by atoms with Gasteiger partial charge in [-0.3, -0.25) is 4.79 Å². The van der Waals surface area contributed by atoms with Gasteiger partial charge in [0.15, 0.2) is 0 Å². The van der Waals surface area contributed by atoms with Crippen LogP contribution in [0.5, 0.6) is 0 Å². The van der Waals surface area contributed by atoms with Crippen molar-refractivity contribution in [1.82, 2.24) is 0 Å². The highest BCUT2D eigenvalue weighted by atomic mass is 16.5. The number of Topliss-reactive ketones (excluding diaryl/α,β-unsaturated/α-hetero) is 1. The first-order valence-electron chi connectivity index (χ1n) is 4.89. The number of carbonyl (C=O) groups is 1. The summed E-state index contributed by atoms with van der Waals surface area (Å²) in [5.74, 6) is 0.402. The summed E-state index contributed by atoms with van der Waals surface area (Å²) in [6.45, 7) is 4.22. The van der Waals surface area contributed by atoms with Gasteiger partial charge < -0.3 is 4.74 Å². The number of rotatable bonds is 3. The Hall–Kier alpha value is -0.370. The van der Waals surface area contributed by atoms with E-state index < -0.39 is 0 Å². The molecule has 0 aromatic rings. The molecule has 1 unspecified atom stereocenters. The number of ether oxygens (including phenoxy) is 1. The molecule has 0 aromatic heterocycles. The highest BCUT2D eigenvalue weighted by molar-refractivity contribution is 5.79. The normalized spacial score (nSPS) is 22.7. The van der Waals surface area contributed by atoms with Crippen LogP contribution < -0.4 is 0 Å². The van der Waals surface area contributed by atoms with Crippen LogP contribution in [0.2, 0.25) is 0 Å². The summed E-state index contributed by atoms with van der Waals surface area (Å²) in [6.07, 6.45) is 5.07. The minimum Gasteiger partial charge on any atom is -0.375 e. The zero-order valence-electron chi connectivity index (χ0n) is 8.01. The van der Waals surface area contributed by atoms with Crippen molar-refractivity contribution in [2.75, 3.05) is 0 Å². The molecule has 0 bridgehead atoms. The number of hydrogen-bond donors (Lipinski definition) is 0. The van der Waals surface area contributed by atoms with E-state index in [9.17, 15) is 4.79 Å². The lowest BCUT2D eigenvalue weighted by Gasteiger charge is -2.24. The topological polar surface area (TPSA) is 26.3 Å². The summed E-state index contributed by atoms with van der Waals surface area (Å²) in [7, 11) is 0. The molecule has 1 aliphatic rings. The zero-order valence-corrected chi connectivity index (χ0v) is 8.01. The van der Waals surface area contributed by atoms with Gasteiger partial charge in [-0.15, -0.1) is 0 Å². The second-order valence-corrected chi connectivity index (χ2v) is 3.59. The lowest BCUT2D eigenvalue weighted by molar-refractivity contribution is -0.124. The molecule has 1 atom stereocenters. The maximum Gasteiger partial charge on any atom is 0.133 e. The van der Waals surface area contributed by atoms with E-state index in [1.54, 1.807) is 0 Å². The van der Waals surface area contributed by atoms with Crippen LogP contribution in [0.4, 0.5) is 0 Å². The van der Waals surface area contributed by atoms with Gasteiger partial charge in [-0.25, -0.2) is 0 Å². The van der Waals surface area contributed by atoms with Gasteiger partial charge >= 0.3 is 0 Å². The molecule has 12 heavy (non-hydrogen) atoms. The fourth-order valence-corrected chi connectivity index (χ4v) is 1.47. The van der Waals surface area contributed by atoms with E-state index in [2.05, 4.69) is 13.8 Å². The Morgan fingerprint density at radius 1 is 1.50 bits per heavy atom. The molecule has 0 radical (unpaired) electrons. The third-order valence-corrected chi connectivity index (χ3v) is 2.49. The quantitative estimate of drug-likeness (QED) is 0.649. The van der Waals surface area contributed by atoms with Crippen LogP contribution >= 0.6 is 0 Å². The molecule has 1 aliphatic carbocycles. The van der Waals surface area contributed by atoms with Crippen molar-refractivity contribution >= 4 is 5.78 Å². The third kappa shape index (κ3) is 2.94. The van der Waals surface area contributed by atoms with Crippen molar-refractivity contribution in [2.45, 2.75) is 58.2 Å². The van der Waals surface area contributed by atoms with Gasteiger partial charge in [0.05, 0.1) is 12.2 Å². The predicted molar refractivity (Wildman–Crippen MR) is 48.1 cm³/mol. The fraction of sp³-hybridized carbons (Fsp3) is 0.900. The van der Waals surface area contributed by atoms with Crippen molar-refractivity contribution in [1.29, 1.82) is 0 Å². The molecule has 0 spiro atoms. The molecule has 0 aliphatic heterocycles. The van der Waals surface area contributed by atoms with E-state index in [1.165, 1.54) is 0 Å². The maximum atomic E-state index is 10.9. The molecule has 70 valence electrons. The Morgan fingerprint density at radius 3 is 2.58 bits per heavy atom. The average molecular weight is 170 g/mol. The Kier molecular flexibility index (Phi) is 3.73. The Balaban J connectivity index is 2.21. The van der Waals surface area contributed by atoms with Crippen LogP contribution in [0, 0.1) is 0 Å². The molecule has 1 fully saturated rings. The van der Waals surface area contributed by atoms with Crippen molar-refractivity contribution < 1.29 is 9.53 Å². The first-order chi connectivity index (χ1) is 5.72. The van der Waals surface area contributed by atoms with Gasteiger partial charge in [0.1, 0.15) is 5.78 Å². The van der Waals surface area contributed by atoms with Crippen LogP contribution in [0.25, 0.3) is 0 Å². The summed E-state index contributed by atoms with van der Waals surface area (Å²) in [4.78, 5) is 10.9. The molecular formula is C10H18O2. The summed E-state index contributed by atoms with van der Waals surface area (Å²) in [6, 6.07) is 0. The van der Waals surface area contributed by atoms with Crippen LogP contribution in [-0.2, 0) is 9.53 Å². The first-order valence-corrected chi connectivity index (χ1v) is 4.89. The SMILES string of the molecule is CCC(C)OC1CCC(=O)CC1. The highest BCUT2D eigenvalue weighted by Gasteiger charge is 2.20. The van der Waals surface area contributed by atoms with Gasteiger partial charge in [-0.1, -0.05) is 6.92 Å². The Morgan fingerprint density at radius 2 is 2.08 bits per heavy atom. The maximum absolute atomic E-state index is 10.9. The monoisotopic (exact) mass is 170 g/mol. The summed E-state index contributed by atoms with van der Waals surface area (Å²) >= 11 is 0. The highest BCUT2D eigenvalue weighted by Crippen LogP contribution is 2.19. The molecule has 2 nitrogen and oxygen atoms in total. The largest absolute Gasteiger partial charge is 0.375 e. The molecule has 1 rings (SSSR count). The van der Waals surface area contributed by atoms with E-state index >= 15 is 0 Å². The van der Waals surface area contributed by atoms with E-state index in [4.69, 9.17) is 4.74 Å². The van der Waals surface area contributed by atoms with Crippen LogP contribution in [0.15, 0.2) is 0 Å². The molecule has 0 amide bonds. The lowest BCUT2D eigenvalue weighted by atomic mass is 9.96. The third-order valence-electron chi connectivity index (χ3n) is 2.49. The van der Waals surface area contributed by atoms with E-state index in [0.29, 0.717) is 18.0 Å². The Labute approximate surface area is 74.3 Å². The molecule has 0 heterocycles. The van der Waals surface area contributed by atoms with Gasteiger partial charge in [0.25, 0.3) is 0 Å². The predicted octanol–water partition coefficient (Wildman–Crippen LogP) is 2.31. The van der Waals surface area contributed by atoms with Crippen molar-refractivity contribution in [3.8, 4) is 0 Å². The fourth-order valence-electron chi connectivity index (χ4n) is 1.47. The number of hydrogen-bond acceptors (Lipinski definition) is 2. The second-order valence-electron chi connectivity index (χ2n) is 3.59. The smallest absolute Gasteiger partial charge is 0.133 e. The molecule has 1 saturated carbocycles. The minimum atomic E-state index is 0.345. The van der Waals surface area contributed by atoms with Gasteiger partial charge in [-0.2, -0.15) is 0 Å². The standard InChI is InChI=1S/C10H18O2/c1-3-8(2)12-10-6-4-9(11)5-7-10/h8,10H,3-7H2,1-2H3. The van der Waals surface area contributed by atoms with Crippen molar-refractivity contribution in [2.24, 2.45) is 0 Å². The molecule has 0 aromatic carbocycles. The van der Waals surface area contributed by atoms with E-state index in [1.807, 2.05) is 0 Å². The summed E-state index contributed by atoms with van der Waals surface area (Å²) < 4.78 is 5.74. The van der Waals surface area contributed by atoms with Crippen molar-refractivity contribution in [3.63, 3.8) is 0 Å². The van der Waals surface area contributed by atoms with E-state index in [-0.39, 0.29) is 0 Å².